The van der Waals surface area contributed by atoms with Gasteiger partial charge in [-0.3, -0.25) is 4.79 Å². The SMILES string of the molecule is Cc1ccc(C)c(S(=O)(=O)N(C)CC(=O)Nc2ccccc2O)c1. The Morgan fingerprint density at radius 2 is 1.83 bits per heavy atom. The first-order valence-electron chi connectivity index (χ1n) is 7.33. The van der Waals surface area contributed by atoms with E-state index < -0.39 is 15.9 Å². The van der Waals surface area contributed by atoms with Gasteiger partial charge in [0.05, 0.1) is 17.1 Å². The predicted octanol–water partition coefficient (Wildman–Crippen LogP) is 2.27. The largest absolute Gasteiger partial charge is 0.506 e. The van der Waals surface area contributed by atoms with Gasteiger partial charge in [-0.15, -0.1) is 0 Å². The number of aryl methyl sites for hydroxylation is 2. The van der Waals surface area contributed by atoms with Crippen LogP contribution in [-0.4, -0.2) is 37.3 Å². The molecule has 0 aliphatic rings. The minimum Gasteiger partial charge on any atom is -0.506 e. The number of amides is 1. The Labute approximate surface area is 141 Å². The molecule has 7 heteroatoms. The van der Waals surface area contributed by atoms with Crippen LogP contribution in [0.4, 0.5) is 5.69 Å². The lowest BCUT2D eigenvalue weighted by molar-refractivity contribution is -0.116. The first kappa shape index (κ1) is 18.0. The van der Waals surface area contributed by atoms with Crippen LogP contribution < -0.4 is 5.32 Å². The minimum atomic E-state index is -3.78. The maximum atomic E-state index is 12.7. The number of nitrogens with one attached hydrogen (secondary N) is 1. The zero-order valence-corrected chi connectivity index (χ0v) is 14.6. The van der Waals surface area contributed by atoms with E-state index in [1.54, 1.807) is 31.2 Å². The highest BCUT2D eigenvalue weighted by molar-refractivity contribution is 7.89. The fourth-order valence-corrected chi connectivity index (χ4v) is 3.64. The summed E-state index contributed by atoms with van der Waals surface area (Å²) >= 11 is 0. The maximum Gasteiger partial charge on any atom is 0.243 e. The summed E-state index contributed by atoms with van der Waals surface area (Å²) in [6.07, 6.45) is 0. The molecule has 2 rings (SSSR count). The first-order chi connectivity index (χ1) is 11.2. The Bertz CT molecular complexity index is 863. The van der Waals surface area contributed by atoms with Crippen molar-refractivity contribution in [2.24, 2.45) is 0 Å². The third kappa shape index (κ3) is 3.93. The molecular formula is C17H20N2O4S. The number of rotatable bonds is 5. The molecule has 0 unspecified atom stereocenters. The van der Waals surface area contributed by atoms with Crippen molar-refractivity contribution in [3.63, 3.8) is 0 Å². The molecule has 24 heavy (non-hydrogen) atoms. The van der Waals surface area contributed by atoms with E-state index >= 15 is 0 Å². The van der Waals surface area contributed by atoms with Gasteiger partial charge in [0.2, 0.25) is 15.9 Å². The lowest BCUT2D eigenvalue weighted by Crippen LogP contribution is -2.35. The molecule has 0 fully saturated rings. The van der Waals surface area contributed by atoms with Crippen LogP contribution in [0.2, 0.25) is 0 Å². The Kier molecular flexibility index (Phi) is 5.26. The molecule has 0 aromatic heterocycles. The number of sulfonamides is 1. The number of phenols is 1. The van der Waals surface area contributed by atoms with Crippen LogP contribution in [0.1, 0.15) is 11.1 Å². The lowest BCUT2D eigenvalue weighted by atomic mass is 10.2. The zero-order chi connectivity index (χ0) is 17.9. The fourth-order valence-electron chi connectivity index (χ4n) is 2.21. The Morgan fingerprint density at radius 3 is 2.50 bits per heavy atom. The van der Waals surface area contributed by atoms with Crippen molar-refractivity contribution in [3.8, 4) is 5.75 Å². The van der Waals surface area contributed by atoms with Gasteiger partial charge in [-0.2, -0.15) is 4.31 Å². The maximum absolute atomic E-state index is 12.7. The molecule has 0 aliphatic carbocycles. The summed E-state index contributed by atoms with van der Waals surface area (Å²) in [6.45, 7) is 3.16. The van der Waals surface area contributed by atoms with Gasteiger partial charge >= 0.3 is 0 Å². The number of carbonyl (C=O) groups is 1. The molecule has 0 spiro atoms. The van der Waals surface area contributed by atoms with Gasteiger partial charge < -0.3 is 10.4 Å². The van der Waals surface area contributed by atoms with E-state index in [-0.39, 0.29) is 22.9 Å². The molecule has 0 aliphatic heterocycles. The number of nitrogens with zero attached hydrogens (tertiary/aromatic N) is 1. The summed E-state index contributed by atoms with van der Waals surface area (Å²) in [5, 5.41) is 12.1. The Hall–Kier alpha value is -2.38. The average molecular weight is 348 g/mol. The quantitative estimate of drug-likeness (QED) is 0.812. The monoisotopic (exact) mass is 348 g/mol. The second kappa shape index (κ2) is 7.02. The van der Waals surface area contributed by atoms with E-state index in [9.17, 15) is 18.3 Å². The molecular weight excluding hydrogens is 328 g/mol. The second-order valence-corrected chi connectivity index (χ2v) is 7.61. The zero-order valence-electron chi connectivity index (χ0n) is 13.8. The van der Waals surface area contributed by atoms with E-state index in [0.717, 1.165) is 9.87 Å². The average Bonchev–Trinajstić information content (AvgIpc) is 2.51. The lowest BCUT2D eigenvalue weighted by Gasteiger charge is -2.18. The van der Waals surface area contributed by atoms with Crippen LogP contribution >= 0.6 is 0 Å². The first-order valence-corrected chi connectivity index (χ1v) is 8.77. The summed E-state index contributed by atoms with van der Waals surface area (Å²) in [6, 6.07) is 11.4. The molecule has 0 radical (unpaired) electrons. The van der Waals surface area contributed by atoms with Gasteiger partial charge in [-0.1, -0.05) is 24.3 Å². The number of benzene rings is 2. The Balaban J connectivity index is 2.16. The van der Waals surface area contributed by atoms with Crippen LogP contribution in [0.15, 0.2) is 47.4 Å². The van der Waals surface area contributed by atoms with E-state index in [0.29, 0.717) is 5.56 Å². The number of para-hydroxylation sites is 2. The number of aromatic hydroxyl groups is 1. The van der Waals surface area contributed by atoms with Crippen molar-refractivity contribution in [1.82, 2.24) is 4.31 Å². The molecule has 0 saturated heterocycles. The van der Waals surface area contributed by atoms with Crippen molar-refractivity contribution in [2.75, 3.05) is 18.9 Å². The third-order valence-electron chi connectivity index (χ3n) is 3.58. The van der Waals surface area contributed by atoms with Crippen molar-refractivity contribution in [1.29, 1.82) is 0 Å². The van der Waals surface area contributed by atoms with Crippen LogP contribution in [-0.2, 0) is 14.8 Å². The van der Waals surface area contributed by atoms with Gasteiger partial charge in [0.25, 0.3) is 0 Å². The number of hydrogen-bond donors (Lipinski definition) is 2. The van der Waals surface area contributed by atoms with E-state index in [1.807, 2.05) is 13.0 Å². The van der Waals surface area contributed by atoms with Crippen molar-refractivity contribution < 1.29 is 18.3 Å². The van der Waals surface area contributed by atoms with Crippen LogP contribution in [0.25, 0.3) is 0 Å². The molecule has 128 valence electrons. The molecule has 6 nitrogen and oxygen atoms in total. The smallest absolute Gasteiger partial charge is 0.243 e. The topological polar surface area (TPSA) is 86.7 Å². The summed E-state index contributed by atoms with van der Waals surface area (Å²) in [5.74, 6) is -0.612. The fraction of sp³-hybridized carbons (Fsp3) is 0.235. The standard InChI is InChI=1S/C17H20N2O4S/c1-12-8-9-13(2)16(10-12)24(22,23)19(3)11-17(21)18-14-6-4-5-7-15(14)20/h4-10,20H,11H2,1-3H3,(H,18,21). The molecule has 2 aromatic carbocycles. The number of carbonyl (C=O) groups excluding carboxylic acids is 1. The third-order valence-corrected chi connectivity index (χ3v) is 5.52. The number of hydrogen-bond acceptors (Lipinski definition) is 4. The van der Waals surface area contributed by atoms with Crippen LogP contribution in [0.3, 0.4) is 0 Å². The summed E-state index contributed by atoms with van der Waals surface area (Å²) in [7, 11) is -2.43. The van der Waals surface area contributed by atoms with Gasteiger partial charge in [0.15, 0.2) is 0 Å². The van der Waals surface area contributed by atoms with Crippen molar-refractivity contribution in [2.45, 2.75) is 18.7 Å². The number of anilines is 1. The molecule has 0 heterocycles. The summed E-state index contributed by atoms with van der Waals surface area (Å²) in [5.41, 5.74) is 1.68. The van der Waals surface area contributed by atoms with Gasteiger partial charge in [0, 0.05) is 7.05 Å². The van der Waals surface area contributed by atoms with Crippen molar-refractivity contribution >= 4 is 21.6 Å². The molecule has 0 saturated carbocycles. The van der Waals surface area contributed by atoms with Gasteiger partial charge in [-0.25, -0.2) is 8.42 Å². The molecule has 2 N–H and O–H groups in total. The summed E-state index contributed by atoms with van der Waals surface area (Å²) < 4.78 is 26.3. The highest BCUT2D eigenvalue weighted by atomic mass is 32.2. The van der Waals surface area contributed by atoms with Crippen molar-refractivity contribution in [3.05, 3.63) is 53.6 Å². The van der Waals surface area contributed by atoms with Crippen LogP contribution in [0.5, 0.6) is 5.75 Å². The second-order valence-electron chi connectivity index (χ2n) is 5.60. The Morgan fingerprint density at radius 1 is 1.17 bits per heavy atom. The van der Waals surface area contributed by atoms with E-state index in [2.05, 4.69) is 5.32 Å². The highest BCUT2D eigenvalue weighted by Crippen LogP contribution is 2.22. The molecule has 0 atom stereocenters. The predicted molar refractivity (Wildman–Crippen MR) is 92.5 cm³/mol. The molecule has 1 amide bonds. The van der Waals surface area contributed by atoms with Crippen LogP contribution in [0, 0.1) is 13.8 Å². The molecule has 2 aromatic rings. The van der Waals surface area contributed by atoms with Gasteiger partial charge in [-0.05, 0) is 43.2 Å². The summed E-state index contributed by atoms with van der Waals surface area (Å²) in [4.78, 5) is 12.3. The molecule has 0 bridgehead atoms. The van der Waals surface area contributed by atoms with E-state index in [4.69, 9.17) is 0 Å². The van der Waals surface area contributed by atoms with E-state index in [1.165, 1.54) is 19.2 Å². The number of likely N-dealkylation sites (N-methyl/N-ethyl adjacent to an activating group) is 1. The minimum absolute atomic E-state index is 0.0779. The normalized spacial score (nSPS) is 11.5. The van der Waals surface area contributed by atoms with Gasteiger partial charge in [0.1, 0.15) is 5.75 Å². The highest BCUT2D eigenvalue weighted by Gasteiger charge is 2.25. The number of phenolic OH excluding ortho intramolecular Hbond substituents is 1.